The smallest absolute Gasteiger partial charge is 0.0332 e. The van der Waals surface area contributed by atoms with Gasteiger partial charge in [0.05, 0.1) is 0 Å². The van der Waals surface area contributed by atoms with Gasteiger partial charge in [0, 0.05) is 35.7 Å². The molecule has 1 aliphatic heterocycles. The first-order valence-electron chi connectivity index (χ1n) is 6.17. The highest BCUT2D eigenvalue weighted by molar-refractivity contribution is 8.00. The predicted molar refractivity (Wildman–Crippen MR) is 68.4 cm³/mol. The van der Waals surface area contributed by atoms with Crippen LogP contribution in [0, 0.1) is 0 Å². The van der Waals surface area contributed by atoms with E-state index < -0.39 is 0 Å². The lowest BCUT2D eigenvalue weighted by Gasteiger charge is -2.47. The van der Waals surface area contributed by atoms with Gasteiger partial charge in [0.2, 0.25) is 0 Å². The van der Waals surface area contributed by atoms with Crippen molar-refractivity contribution in [3.05, 3.63) is 0 Å². The molecule has 0 aromatic carbocycles. The van der Waals surface area contributed by atoms with Crippen LogP contribution in [-0.2, 0) is 0 Å². The summed E-state index contributed by atoms with van der Waals surface area (Å²) in [5.74, 6) is 1.27. The van der Waals surface area contributed by atoms with Crippen LogP contribution in [0.2, 0.25) is 0 Å². The molecule has 2 fully saturated rings. The molecule has 0 aromatic rings. The molecule has 1 aliphatic carbocycles. The van der Waals surface area contributed by atoms with Crippen LogP contribution in [-0.4, -0.2) is 40.6 Å². The number of nitrogens with two attached hydrogens (primary N) is 1. The second kappa shape index (κ2) is 4.27. The molecular formula is C12H24N2S. The fourth-order valence-electron chi connectivity index (χ4n) is 3.10. The molecule has 88 valence electrons. The van der Waals surface area contributed by atoms with Crippen molar-refractivity contribution in [1.82, 2.24) is 4.90 Å². The van der Waals surface area contributed by atoms with Gasteiger partial charge in [0.15, 0.2) is 0 Å². The minimum absolute atomic E-state index is 0.359. The lowest BCUT2D eigenvalue weighted by atomic mass is 9.93. The quantitative estimate of drug-likeness (QED) is 0.785. The molecule has 0 aromatic heterocycles. The molecule has 3 heteroatoms. The van der Waals surface area contributed by atoms with Gasteiger partial charge in [-0.15, -0.1) is 0 Å². The molecule has 1 saturated heterocycles. The lowest BCUT2D eigenvalue weighted by Crippen LogP contribution is -2.58. The van der Waals surface area contributed by atoms with E-state index in [1.54, 1.807) is 0 Å². The van der Waals surface area contributed by atoms with Crippen LogP contribution >= 0.6 is 11.8 Å². The summed E-state index contributed by atoms with van der Waals surface area (Å²) in [5, 5.41) is 0. The van der Waals surface area contributed by atoms with Crippen molar-refractivity contribution in [3.63, 3.8) is 0 Å². The van der Waals surface area contributed by atoms with Gasteiger partial charge in [-0.05, 0) is 26.7 Å². The fraction of sp³-hybridized carbons (Fsp3) is 1.00. The number of hydrogen-bond donors (Lipinski definition) is 1. The van der Waals surface area contributed by atoms with Gasteiger partial charge in [-0.1, -0.05) is 12.8 Å². The lowest BCUT2D eigenvalue weighted by molar-refractivity contribution is 0.0934. The SMILES string of the molecule is CC1(C)CN(C2(CN)CCCC2)CCS1. The molecule has 1 saturated carbocycles. The van der Waals surface area contributed by atoms with Crippen molar-refractivity contribution in [3.8, 4) is 0 Å². The Hall–Kier alpha value is 0.270. The van der Waals surface area contributed by atoms with E-state index in [0.29, 0.717) is 10.3 Å². The standard InChI is InChI=1S/C12H24N2S/c1-11(2)10-14(7-8-15-11)12(9-13)5-3-4-6-12/h3-10,13H2,1-2H3. The minimum atomic E-state index is 0.359. The van der Waals surface area contributed by atoms with E-state index in [1.165, 1.54) is 44.5 Å². The topological polar surface area (TPSA) is 29.3 Å². The number of rotatable bonds is 2. The zero-order valence-electron chi connectivity index (χ0n) is 10.1. The van der Waals surface area contributed by atoms with Crippen molar-refractivity contribution >= 4 is 11.8 Å². The van der Waals surface area contributed by atoms with Crippen molar-refractivity contribution < 1.29 is 0 Å². The van der Waals surface area contributed by atoms with Crippen LogP contribution in [0.4, 0.5) is 0 Å². The Morgan fingerprint density at radius 2 is 1.93 bits per heavy atom. The summed E-state index contributed by atoms with van der Waals surface area (Å²) in [6.07, 6.45) is 5.40. The molecule has 0 bridgehead atoms. The predicted octanol–water partition coefficient (Wildman–Crippen LogP) is 2.09. The van der Waals surface area contributed by atoms with Gasteiger partial charge in [-0.25, -0.2) is 0 Å². The van der Waals surface area contributed by atoms with E-state index >= 15 is 0 Å². The zero-order valence-corrected chi connectivity index (χ0v) is 10.9. The maximum Gasteiger partial charge on any atom is 0.0332 e. The first kappa shape index (κ1) is 11.7. The third-order valence-corrected chi connectivity index (χ3v) is 5.31. The zero-order chi connectivity index (χ0) is 10.9. The summed E-state index contributed by atoms with van der Waals surface area (Å²) in [7, 11) is 0. The van der Waals surface area contributed by atoms with E-state index in [1.807, 2.05) is 0 Å². The van der Waals surface area contributed by atoms with Gasteiger partial charge < -0.3 is 5.73 Å². The average molecular weight is 228 g/mol. The Balaban J connectivity index is 2.08. The normalized spacial score (nSPS) is 30.6. The van der Waals surface area contributed by atoms with E-state index in [-0.39, 0.29) is 0 Å². The fourth-order valence-corrected chi connectivity index (χ4v) is 4.22. The van der Waals surface area contributed by atoms with E-state index in [9.17, 15) is 0 Å². The van der Waals surface area contributed by atoms with Gasteiger partial charge in [-0.3, -0.25) is 4.90 Å². The average Bonchev–Trinajstić information content (AvgIpc) is 2.65. The second-order valence-electron chi connectivity index (χ2n) is 5.67. The Labute approximate surface area is 98.0 Å². The van der Waals surface area contributed by atoms with Crippen molar-refractivity contribution in [2.75, 3.05) is 25.4 Å². The van der Waals surface area contributed by atoms with Crippen LogP contribution < -0.4 is 5.73 Å². The highest BCUT2D eigenvalue weighted by Gasteiger charge is 2.42. The molecule has 2 N–H and O–H groups in total. The summed E-state index contributed by atoms with van der Waals surface area (Å²) >= 11 is 2.11. The third-order valence-electron chi connectivity index (χ3n) is 4.01. The van der Waals surface area contributed by atoms with Gasteiger partial charge >= 0.3 is 0 Å². The summed E-state index contributed by atoms with van der Waals surface area (Å²) < 4.78 is 0.420. The van der Waals surface area contributed by atoms with E-state index in [2.05, 4.69) is 30.5 Å². The minimum Gasteiger partial charge on any atom is -0.329 e. The molecule has 0 amide bonds. The number of thioether (sulfide) groups is 1. The molecular weight excluding hydrogens is 204 g/mol. The second-order valence-corrected chi connectivity index (χ2v) is 7.47. The third kappa shape index (κ3) is 2.34. The first-order valence-corrected chi connectivity index (χ1v) is 7.16. The monoisotopic (exact) mass is 228 g/mol. The molecule has 0 radical (unpaired) electrons. The Bertz CT molecular complexity index is 222. The first-order chi connectivity index (χ1) is 7.08. The molecule has 15 heavy (non-hydrogen) atoms. The largest absolute Gasteiger partial charge is 0.329 e. The maximum absolute atomic E-state index is 6.04. The molecule has 0 unspecified atom stereocenters. The van der Waals surface area contributed by atoms with Crippen molar-refractivity contribution in [1.29, 1.82) is 0 Å². The molecule has 2 nitrogen and oxygen atoms in total. The Kier molecular flexibility index (Phi) is 3.34. The number of hydrogen-bond acceptors (Lipinski definition) is 3. The number of nitrogens with zero attached hydrogens (tertiary/aromatic N) is 1. The Morgan fingerprint density at radius 3 is 2.47 bits per heavy atom. The highest BCUT2D eigenvalue weighted by atomic mass is 32.2. The molecule has 2 aliphatic rings. The molecule has 1 heterocycles. The molecule has 0 atom stereocenters. The van der Waals surface area contributed by atoms with E-state index in [0.717, 1.165) is 6.54 Å². The highest BCUT2D eigenvalue weighted by Crippen LogP contribution is 2.39. The van der Waals surface area contributed by atoms with Gasteiger partial charge in [0.25, 0.3) is 0 Å². The van der Waals surface area contributed by atoms with Crippen molar-refractivity contribution in [2.24, 2.45) is 5.73 Å². The molecule has 0 spiro atoms. The van der Waals surface area contributed by atoms with Crippen LogP contribution in [0.5, 0.6) is 0 Å². The van der Waals surface area contributed by atoms with Gasteiger partial charge in [0.1, 0.15) is 0 Å². The summed E-state index contributed by atoms with van der Waals surface area (Å²) in [6.45, 7) is 8.04. The van der Waals surface area contributed by atoms with Crippen LogP contribution in [0.1, 0.15) is 39.5 Å². The van der Waals surface area contributed by atoms with Crippen LogP contribution in [0.15, 0.2) is 0 Å². The van der Waals surface area contributed by atoms with E-state index in [4.69, 9.17) is 5.73 Å². The summed E-state index contributed by atoms with van der Waals surface area (Å²) in [4.78, 5) is 2.69. The summed E-state index contributed by atoms with van der Waals surface area (Å²) in [6, 6.07) is 0. The molecule has 2 rings (SSSR count). The van der Waals surface area contributed by atoms with Crippen molar-refractivity contribution in [2.45, 2.75) is 49.8 Å². The maximum atomic E-state index is 6.04. The van der Waals surface area contributed by atoms with Crippen LogP contribution in [0.3, 0.4) is 0 Å². The summed E-state index contributed by atoms with van der Waals surface area (Å²) in [5.41, 5.74) is 6.40. The van der Waals surface area contributed by atoms with Gasteiger partial charge in [-0.2, -0.15) is 11.8 Å². The Morgan fingerprint density at radius 1 is 1.27 bits per heavy atom. The van der Waals surface area contributed by atoms with Crippen LogP contribution in [0.25, 0.3) is 0 Å².